The van der Waals surface area contributed by atoms with Crippen molar-refractivity contribution in [1.29, 1.82) is 0 Å². The van der Waals surface area contributed by atoms with Gasteiger partial charge in [-0.2, -0.15) is 0 Å². The lowest BCUT2D eigenvalue weighted by Crippen LogP contribution is -2.37. The summed E-state index contributed by atoms with van der Waals surface area (Å²) in [4.78, 5) is 15.5. The molecule has 1 aliphatic rings. The number of hydrogen-bond donors (Lipinski definition) is 1. The molecule has 2 aromatic carbocycles. The van der Waals surface area contributed by atoms with Crippen molar-refractivity contribution in [3.05, 3.63) is 70.2 Å². The van der Waals surface area contributed by atoms with Gasteiger partial charge in [-0.1, -0.05) is 35.0 Å². The van der Waals surface area contributed by atoms with Crippen LogP contribution < -0.4 is 10.1 Å². The standard InChI is InChI=1S/C24H25ClFN3O3/c1-15-21(23(28-32-15)22-18(25)9-6-10-19(22)26)24(30)27-14-20(29-11-3-4-12-29)16-7-5-8-17(13-16)31-2/h5-10,13,20H,3-4,11-12,14H2,1-2H3,(H,27,30). The van der Waals surface area contributed by atoms with E-state index in [2.05, 4.69) is 15.4 Å². The third kappa shape index (κ3) is 4.49. The maximum Gasteiger partial charge on any atom is 0.257 e. The van der Waals surface area contributed by atoms with Crippen molar-refractivity contribution < 1.29 is 18.4 Å². The second-order valence-corrected chi connectivity index (χ2v) is 8.21. The lowest BCUT2D eigenvalue weighted by Gasteiger charge is -2.28. The molecule has 8 heteroatoms. The second-order valence-electron chi connectivity index (χ2n) is 7.80. The van der Waals surface area contributed by atoms with Crippen molar-refractivity contribution in [2.45, 2.75) is 25.8 Å². The molecule has 1 fully saturated rings. The number of amides is 1. The molecular weight excluding hydrogens is 433 g/mol. The molecule has 0 spiro atoms. The summed E-state index contributed by atoms with van der Waals surface area (Å²) >= 11 is 6.20. The summed E-state index contributed by atoms with van der Waals surface area (Å²) in [6.45, 7) is 3.92. The molecule has 4 rings (SSSR count). The molecule has 2 heterocycles. The number of rotatable bonds is 7. The van der Waals surface area contributed by atoms with E-state index in [4.69, 9.17) is 20.9 Å². The number of likely N-dealkylation sites (tertiary alicyclic amines) is 1. The molecule has 1 saturated heterocycles. The fourth-order valence-electron chi connectivity index (χ4n) is 4.17. The first-order valence-corrected chi connectivity index (χ1v) is 10.9. The highest BCUT2D eigenvalue weighted by molar-refractivity contribution is 6.33. The third-order valence-electron chi connectivity index (χ3n) is 5.81. The molecule has 168 valence electrons. The Morgan fingerprint density at radius 2 is 2.03 bits per heavy atom. The Kier molecular flexibility index (Phi) is 6.77. The number of halogens is 2. The van der Waals surface area contributed by atoms with Gasteiger partial charge in [0.15, 0.2) is 0 Å². The predicted octanol–water partition coefficient (Wildman–Crippen LogP) is 5.02. The van der Waals surface area contributed by atoms with E-state index in [9.17, 15) is 9.18 Å². The molecule has 32 heavy (non-hydrogen) atoms. The Morgan fingerprint density at radius 1 is 1.28 bits per heavy atom. The summed E-state index contributed by atoms with van der Waals surface area (Å²) in [5.41, 5.74) is 1.40. The van der Waals surface area contributed by atoms with Gasteiger partial charge in [-0.15, -0.1) is 0 Å². The average molecular weight is 458 g/mol. The van der Waals surface area contributed by atoms with Crippen LogP contribution in [0.4, 0.5) is 4.39 Å². The first-order valence-electron chi connectivity index (χ1n) is 10.6. The second kappa shape index (κ2) is 9.71. The summed E-state index contributed by atoms with van der Waals surface area (Å²) in [5.74, 6) is 0.122. The average Bonchev–Trinajstić information content (AvgIpc) is 3.44. The number of nitrogens with zero attached hydrogens (tertiary/aromatic N) is 2. The maximum absolute atomic E-state index is 14.5. The number of ether oxygens (including phenoxy) is 1. The van der Waals surface area contributed by atoms with Crippen LogP contribution in [-0.2, 0) is 0 Å². The Bertz CT molecular complexity index is 1090. The van der Waals surface area contributed by atoms with Crippen LogP contribution in [0.15, 0.2) is 47.0 Å². The highest BCUT2D eigenvalue weighted by atomic mass is 35.5. The molecule has 0 radical (unpaired) electrons. The highest BCUT2D eigenvalue weighted by Crippen LogP contribution is 2.34. The van der Waals surface area contributed by atoms with Gasteiger partial charge in [0.2, 0.25) is 0 Å². The highest BCUT2D eigenvalue weighted by Gasteiger charge is 2.28. The molecule has 1 amide bonds. The molecule has 0 aliphatic carbocycles. The van der Waals surface area contributed by atoms with Crippen LogP contribution >= 0.6 is 11.6 Å². The largest absolute Gasteiger partial charge is 0.497 e. The van der Waals surface area contributed by atoms with E-state index < -0.39 is 5.82 Å². The van der Waals surface area contributed by atoms with Crippen molar-refractivity contribution in [1.82, 2.24) is 15.4 Å². The summed E-state index contributed by atoms with van der Waals surface area (Å²) in [5, 5.41) is 7.09. The number of hydrogen-bond acceptors (Lipinski definition) is 5. The van der Waals surface area contributed by atoms with Crippen molar-refractivity contribution in [2.75, 3.05) is 26.7 Å². The van der Waals surface area contributed by atoms with E-state index >= 15 is 0 Å². The molecule has 1 aromatic heterocycles. The van der Waals surface area contributed by atoms with E-state index in [0.717, 1.165) is 37.2 Å². The maximum atomic E-state index is 14.5. The first kappa shape index (κ1) is 22.3. The van der Waals surface area contributed by atoms with Gasteiger partial charge in [-0.25, -0.2) is 4.39 Å². The number of benzene rings is 2. The normalized spacial score (nSPS) is 15.0. The van der Waals surface area contributed by atoms with Crippen LogP contribution in [0, 0.1) is 12.7 Å². The van der Waals surface area contributed by atoms with Crippen molar-refractivity contribution in [3.63, 3.8) is 0 Å². The van der Waals surface area contributed by atoms with Crippen LogP contribution in [0.25, 0.3) is 11.3 Å². The van der Waals surface area contributed by atoms with Gasteiger partial charge in [-0.05, 0) is 62.7 Å². The van der Waals surface area contributed by atoms with E-state index in [1.165, 1.54) is 12.1 Å². The quantitative estimate of drug-likeness (QED) is 0.539. The summed E-state index contributed by atoms with van der Waals surface area (Å²) in [7, 11) is 1.63. The van der Waals surface area contributed by atoms with Crippen molar-refractivity contribution in [3.8, 4) is 17.0 Å². The van der Waals surface area contributed by atoms with E-state index in [1.54, 1.807) is 20.1 Å². The molecule has 3 aromatic rings. The molecule has 1 aliphatic heterocycles. The van der Waals surface area contributed by atoms with Gasteiger partial charge in [0, 0.05) is 6.54 Å². The van der Waals surface area contributed by atoms with Gasteiger partial charge < -0.3 is 14.6 Å². The lowest BCUT2D eigenvalue weighted by atomic mass is 10.0. The zero-order chi connectivity index (χ0) is 22.7. The van der Waals surface area contributed by atoms with Gasteiger partial charge in [0.1, 0.15) is 28.6 Å². The summed E-state index contributed by atoms with van der Waals surface area (Å²) in [6, 6.07) is 12.2. The number of aromatic nitrogens is 1. The molecule has 1 unspecified atom stereocenters. The Balaban J connectivity index is 1.60. The SMILES string of the molecule is COc1cccc(C(CNC(=O)c2c(-c3c(F)cccc3Cl)noc2C)N2CCCC2)c1. The minimum absolute atomic E-state index is 0.0165. The molecular formula is C24H25ClFN3O3. The third-order valence-corrected chi connectivity index (χ3v) is 6.12. The lowest BCUT2D eigenvalue weighted by molar-refractivity contribution is 0.0937. The number of nitrogens with one attached hydrogen (secondary N) is 1. The Morgan fingerprint density at radius 3 is 2.75 bits per heavy atom. The topological polar surface area (TPSA) is 67.6 Å². The van der Waals surface area contributed by atoms with Gasteiger partial charge in [0.25, 0.3) is 5.91 Å². The minimum Gasteiger partial charge on any atom is -0.497 e. The Labute approximate surface area is 191 Å². The van der Waals surface area contributed by atoms with Crippen LogP contribution in [0.2, 0.25) is 5.02 Å². The van der Waals surface area contributed by atoms with E-state index in [1.807, 2.05) is 24.3 Å². The molecule has 0 saturated carbocycles. The van der Waals surface area contributed by atoms with Gasteiger partial charge in [-0.3, -0.25) is 9.69 Å². The first-order chi connectivity index (χ1) is 15.5. The zero-order valence-corrected chi connectivity index (χ0v) is 18.8. The van der Waals surface area contributed by atoms with E-state index in [-0.39, 0.29) is 33.8 Å². The number of aryl methyl sites for hydroxylation is 1. The minimum atomic E-state index is -0.564. The zero-order valence-electron chi connectivity index (χ0n) is 18.0. The number of methoxy groups -OCH3 is 1. The van der Waals surface area contributed by atoms with Crippen LogP contribution in [-0.4, -0.2) is 42.7 Å². The van der Waals surface area contributed by atoms with Crippen molar-refractivity contribution >= 4 is 17.5 Å². The summed E-state index contributed by atoms with van der Waals surface area (Å²) < 4.78 is 25.1. The van der Waals surface area contributed by atoms with Crippen LogP contribution in [0.5, 0.6) is 5.75 Å². The monoisotopic (exact) mass is 457 g/mol. The fourth-order valence-corrected chi connectivity index (χ4v) is 4.42. The molecule has 0 bridgehead atoms. The summed E-state index contributed by atoms with van der Waals surface area (Å²) in [6.07, 6.45) is 2.24. The van der Waals surface area contributed by atoms with Crippen molar-refractivity contribution in [2.24, 2.45) is 0 Å². The van der Waals surface area contributed by atoms with Crippen LogP contribution in [0.3, 0.4) is 0 Å². The van der Waals surface area contributed by atoms with Crippen LogP contribution in [0.1, 0.15) is 40.6 Å². The fraction of sp³-hybridized carbons (Fsp3) is 0.333. The molecule has 1 atom stereocenters. The van der Waals surface area contributed by atoms with Gasteiger partial charge in [0.05, 0.1) is 23.7 Å². The number of carbonyl (C=O) groups is 1. The smallest absolute Gasteiger partial charge is 0.257 e. The van der Waals surface area contributed by atoms with E-state index in [0.29, 0.717) is 12.3 Å². The number of carbonyl (C=O) groups excluding carboxylic acids is 1. The van der Waals surface area contributed by atoms with Gasteiger partial charge >= 0.3 is 0 Å². The molecule has 6 nitrogen and oxygen atoms in total. The predicted molar refractivity (Wildman–Crippen MR) is 121 cm³/mol. The Hall–Kier alpha value is -2.90. The molecule has 1 N–H and O–H groups in total.